The summed E-state index contributed by atoms with van der Waals surface area (Å²) in [5, 5.41) is 26.6. The van der Waals surface area contributed by atoms with E-state index in [0.717, 1.165) is 31.8 Å². The largest absolute Gasteiger partial charge is 0.394 e. The number of rotatable bonds is 9. The summed E-state index contributed by atoms with van der Waals surface area (Å²) in [6.45, 7) is 2.48. The molecule has 4 rings (SSSR count). The van der Waals surface area contributed by atoms with Crippen LogP contribution in [-0.4, -0.2) is 32.8 Å². The van der Waals surface area contributed by atoms with Gasteiger partial charge in [-0.2, -0.15) is 4.98 Å². The second-order valence-electron chi connectivity index (χ2n) is 7.47. The Labute approximate surface area is 191 Å². The molecular weight excluding hydrogens is 420 g/mol. The molecule has 1 heterocycles. The molecule has 0 aliphatic rings. The highest BCUT2D eigenvalue weighted by atomic mass is 32.2. The molecule has 4 aromatic rings. The van der Waals surface area contributed by atoms with E-state index in [1.807, 2.05) is 67.6 Å². The van der Waals surface area contributed by atoms with Crippen LogP contribution in [0.1, 0.15) is 18.1 Å². The number of aliphatic hydroxyl groups excluding tert-OH is 2. The smallest absolute Gasteiger partial charge is 0.225 e. The number of anilines is 2. The summed E-state index contributed by atoms with van der Waals surface area (Å²) >= 11 is 1.64. The van der Waals surface area contributed by atoms with Crippen LogP contribution in [0.3, 0.4) is 0 Å². The van der Waals surface area contributed by atoms with Crippen LogP contribution in [-0.2, 0) is 13.2 Å². The highest BCUT2D eigenvalue weighted by molar-refractivity contribution is 7.99. The molecule has 0 fully saturated rings. The van der Waals surface area contributed by atoms with Crippen LogP contribution in [0.4, 0.5) is 11.8 Å². The van der Waals surface area contributed by atoms with E-state index in [2.05, 4.69) is 32.7 Å². The maximum absolute atomic E-state index is 9.65. The summed E-state index contributed by atoms with van der Waals surface area (Å²) in [7, 11) is 0. The quantitative estimate of drug-likeness (QED) is 0.297. The van der Waals surface area contributed by atoms with Gasteiger partial charge in [0.05, 0.1) is 18.7 Å². The minimum Gasteiger partial charge on any atom is -0.394 e. The summed E-state index contributed by atoms with van der Waals surface area (Å²) in [6.07, 6.45) is 0. The van der Waals surface area contributed by atoms with Gasteiger partial charge in [0.2, 0.25) is 5.95 Å². The lowest BCUT2D eigenvalue weighted by Gasteiger charge is -2.16. The lowest BCUT2D eigenvalue weighted by molar-refractivity contribution is 0.279. The van der Waals surface area contributed by atoms with Crippen molar-refractivity contribution in [1.82, 2.24) is 9.97 Å². The third-order valence-corrected chi connectivity index (χ3v) is 6.27. The fourth-order valence-corrected chi connectivity index (χ4v) is 4.39. The molecule has 7 heteroatoms. The molecule has 0 radical (unpaired) electrons. The Kier molecular flexibility index (Phi) is 7.21. The first-order valence-electron chi connectivity index (χ1n) is 10.5. The van der Waals surface area contributed by atoms with Crippen molar-refractivity contribution in [3.63, 3.8) is 0 Å². The zero-order valence-electron chi connectivity index (χ0n) is 17.8. The van der Waals surface area contributed by atoms with Gasteiger partial charge in [0.1, 0.15) is 5.82 Å². The van der Waals surface area contributed by atoms with Gasteiger partial charge in [-0.25, -0.2) is 4.98 Å². The summed E-state index contributed by atoms with van der Waals surface area (Å²) in [6, 6.07) is 23.7. The third-order valence-electron chi connectivity index (χ3n) is 5.03. The summed E-state index contributed by atoms with van der Waals surface area (Å²) in [4.78, 5) is 11.5. The van der Waals surface area contributed by atoms with Gasteiger partial charge >= 0.3 is 0 Å². The van der Waals surface area contributed by atoms with Crippen LogP contribution in [0.2, 0.25) is 0 Å². The fourth-order valence-electron chi connectivity index (χ4n) is 3.32. The Balaban J connectivity index is 1.58. The van der Waals surface area contributed by atoms with Gasteiger partial charge in [-0.1, -0.05) is 60.3 Å². The number of nitrogens with zero attached hydrogens (tertiary/aromatic N) is 2. The second-order valence-corrected chi connectivity index (χ2v) is 8.55. The molecule has 1 atom stereocenters. The van der Waals surface area contributed by atoms with Crippen molar-refractivity contribution in [2.24, 2.45) is 0 Å². The van der Waals surface area contributed by atoms with E-state index in [1.54, 1.807) is 11.8 Å². The van der Waals surface area contributed by atoms with Crippen molar-refractivity contribution in [2.75, 3.05) is 17.2 Å². The van der Waals surface area contributed by atoms with Crippen molar-refractivity contribution in [2.45, 2.75) is 35.9 Å². The van der Waals surface area contributed by atoms with Gasteiger partial charge < -0.3 is 20.8 Å². The lowest BCUT2D eigenvalue weighted by atomic mass is 10.2. The highest BCUT2D eigenvalue weighted by Crippen LogP contribution is 2.33. The number of fused-ring (bicyclic) bond motifs is 1. The Morgan fingerprint density at radius 1 is 0.844 bits per heavy atom. The monoisotopic (exact) mass is 446 g/mol. The first-order valence-corrected chi connectivity index (χ1v) is 11.3. The van der Waals surface area contributed by atoms with Gasteiger partial charge in [-0.05, 0) is 42.3 Å². The summed E-state index contributed by atoms with van der Waals surface area (Å²) in [5.41, 5.74) is 2.85. The first kappa shape index (κ1) is 22.1. The normalized spacial score (nSPS) is 12.0. The zero-order chi connectivity index (χ0) is 22.3. The molecular formula is C25H26N4O2S. The van der Waals surface area contributed by atoms with Crippen LogP contribution < -0.4 is 10.6 Å². The third kappa shape index (κ3) is 5.19. The van der Waals surface area contributed by atoms with Crippen LogP contribution in [0.25, 0.3) is 10.9 Å². The average molecular weight is 447 g/mol. The average Bonchev–Trinajstić information content (AvgIpc) is 2.83. The van der Waals surface area contributed by atoms with Crippen molar-refractivity contribution < 1.29 is 10.2 Å². The SMILES string of the molecule is CC(CO)Nc1nc(NCc2ccccc2Sc2ccccc2CO)nc2ccccc12. The lowest BCUT2D eigenvalue weighted by Crippen LogP contribution is -2.20. The zero-order valence-corrected chi connectivity index (χ0v) is 18.6. The Bertz CT molecular complexity index is 1200. The van der Waals surface area contributed by atoms with Gasteiger partial charge in [-0.3, -0.25) is 0 Å². The van der Waals surface area contributed by atoms with Crippen LogP contribution >= 0.6 is 11.8 Å². The Morgan fingerprint density at radius 2 is 1.50 bits per heavy atom. The van der Waals surface area contributed by atoms with Crippen molar-refractivity contribution in [3.05, 3.63) is 83.9 Å². The molecule has 0 bridgehead atoms. The van der Waals surface area contributed by atoms with Gasteiger partial charge in [0.15, 0.2) is 0 Å². The molecule has 6 nitrogen and oxygen atoms in total. The van der Waals surface area contributed by atoms with Crippen molar-refractivity contribution >= 4 is 34.4 Å². The molecule has 3 aromatic carbocycles. The molecule has 0 saturated carbocycles. The van der Waals surface area contributed by atoms with E-state index in [0.29, 0.717) is 18.3 Å². The second kappa shape index (κ2) is 10.5. The van der Waals surface area contributed by atoms with E-state index in [1.165, 1.54) is 0 Å². The van der Waals surface area contributed by atoms with Crippen LogP contribution in [0.5, 0.6) is 0 Å². The molecule has 4 N–H and O–H groups in total. The van der Waals surface area contributed by atoms with E-state index < -0.39 is 0 Å². The van der Waals surface area contributed by atoms with Crippen molar-refractivity contribution in [1.29, 1.82) is 0 Å². The van der Waals surface area contributed by atoms with E-state index >= 15 is 0 Å². The molecule has 0 amide bonds. The summed E-state index contributed by atoms with van der Waals surface area (Å²) in [5.74, 6) is 1.21. The maximum Gasteiger partial charge on any atom is 0.225 e. The topological polar surface area (TPSA) is 90.3 Å². The standard InChI is InChI=1S/C25H26N4O2S/c1-17(15-30)27-24-20-10-4-5-11-21(20)28-25(29-24)26-14-18-8-2-6-12-22(18)32-23-13-7-3-9-19(23)16-31/h2-13,17,30-31H,14-16H2,1H3,(H2,26,27,28,29). The minimum absolute atomic E-state index is 0.0105. The van der Waals surface area contributed by atoms with E-state index in [9.17, 15) is 10.2 Å². The number of benzene rings is 3. The number of hydrogen-bond donors (Lipinski definition) is 4. The number of aliphatic hydroxyl groups is 2. The molecule has 0 aliphatic carbocycles. The van der Waals surface area contributed by atoms with Crippen LogP contribution in [0.15, 0.2) is 82.6 Å². The fraction of sp³-hybridized carbons (Fsp3) is 0.200. The number of aromatic nitrogens is 2. The molecule has 164 valence electrons. The first-order chi connectivity index (χ1) is 15.7. The van der Waals surface area contributed by atoms with Crippen LogP contribution in [0, 0.1) is 0 Å². The number of para-hydroxylation sites is 1. The molecule has 0 spiro atoms. The Hall–Kier alpha value is -3.13. The maximum atomic E-state index is 9.65. The molecule has 0 saturated heterocycles. The predicted octanol–water partition coefficient (Wildman–Crippen LogP) is 4.68. The minimum atomic E-state index is -0.120. The van der Waals surface area contributed by atoms with Gasteiger partial charge in [-0.15, -0.1) is 0 Å². The number of nitrogens with one attached hydrogen (secondary N) is 2. The molecule has 1 aromatic heterocycles. The molecule has 32 heavy (non-hydrogen) atoms. The van der Waals surface area contributed by atoms with E-state index in [4.69, 9.17) is 0 Å². The van der Waals surface area contributed by atoms with Gasteiger partial charge in [0.25, 0.3) is 0 Å². The summed E-state index contributed by atoms with van der Waals surface area (Å²) < 4.78 is 0. The number of hydrogen-bond acceptors (Lipinski definition) is 7. The highest BCUT2D eigenvalue weighted by Gasteiger charge is 2.11. The predicted molar refractivity (Wildman–Crippen MR) is 130 cm³/mol. The van der Waals surface area contributed by atoms with E-state index in [-0.39, 0.29) is 19.3 Å². The van der Waals surface area contributed by atoms with Crippen molar-refractivity contribution in [3.8, 4) is 0 Å². The molecule has 1 unspecified atom stereocenters. The van der Waals surface area contributed by atoms with Gasteiger partial charge in [0, 0.05) is 27.8 Å². The molecule has 0 aliphatic heterocycles. The Morgan fingerprint density at radius 3 is 2.25 bits per heavy atom.